The number of allylic oxidation sites excluding steroid dienone is 1. The lowest BCUT2D eigenvalue weighted by Gasteiger charge is -2.36. The molecular formula is C16H28O3Si. The molecule has 0 aliphatic rings. The van der Waals surface area contributed by atoms with Crippen LogP contribution in [0.2, 0.25) is 18.1 Å². The van der Waals surface area contributed by atoms with E-state index in [1.807, 2.05) is 0 Å². The predicted molar refractivity (Wildman–Crippen MR) is 85.9 cm³/mol. The highest BCUT2D eigenvalue weighted by molar-refractivity contribution is 6.74. The molecular weight excluding hydrogens is 268 g/mol. The molecule has 0 spiro atoms. The molecule has 0 aliphatic heterocycles. The van der Waals surface area contributed by atoms with Gasteiger partial charge in [-0.25, -0.2) is 0 Å². The molecule has 0 aromatic heterocycles. The predicted octanol–water partition coefficient (Wildman–Crippen LogP) is 3.91. The topological polar surface area (TPSA) is 35.5 Å². The standard InChI is InChI=1S/C16H28O3Si/c1-15(17)18-13-11-9-7-8-10-12-14-19-20(5,6)16(2,3)4/h9,11H,10,12-14H2,1-6H3/b11-9-. The molecule has 4 heteroatoms. The molecule has 0 heterocycles. The maximum absolute atomic E-state index is 10.5. The number of unbranched alkanes of at least 4 members (excludes halogenated alkanes) is 1. The summed E-state index contributed by atoms with van der Waals surface area (Å²) in [5.41, 5.74) is 0. The van der Waals surface area contributed by atoms with Crippen molar-refractivity contribution in [2.45, 2.75) is 58.7 Å². The fourth-order valence-electron chi connectivity index (χ4n) is 1.11. The van der Waals surface area contributed by atoms with Crippen LogP contribution in [0, 0.1) is 11.8 Å². The smallest absolute Gasteiger partial charge is 0.302 e. The van der Waals surface area contributed by atoms with Gasteiger partial charge in [0.05, 0.1) is 0 Å². The fraction of sp³-hybridized carbons (Fsp3) is 0.688. The van der Waals surface area contributed by atoms with Gasteiger partial charge < -0.3 is 9.16 Å². The summed E-state index contributed by atoms with van der Waals surface area (Å²) in [5, 5.41) is 0.262. The Morgan fingerprint density at radius 1 is 1.30 bits per heavy atom. The third-order valence-corrected chi connectivity index (χ3v) is 7.94. The minimum Gasteiger partial charge on any atom is -0.462 e. The van der Waals surface area contributed by atoms with Crippen LogP contribution in [-0.4, -0.2) is 27.5 Å². The molecule has 0 saturated heterocycles. The third kappa shape index (κ3) is 8.95. The lowest BCUT2D eigenvalue weighted by atomic mass is 10.2. The summed E-state index contributed by atoms with van der Waals surface area (Å²) in [7, 11) is -1.61. The van der Waals surface area contributed by atoms with Gasteiger partial charge in [-0.05, 0) is 36.7 Å². The van der Waals surface area contributed by atoms with Crippen LogP contribution in [-0.2, 0) is 14.0 Å². The molecule has 114 valence electrons. The Hall–Kier alpha value is -1.05. The Bertz CT molecular complexity index is 381. The highest BCUT2D eigenvalue weighted by Gasteiger charge is 2.36. The van der Waals surface area contributed by atoms with Crippen molar-refractivity contribution >= 4 is 14.3 Å². The van der Waals surface area contributed by atoms with Crippen molar-refractivity contribution in [3.8, 4) is 11.8 Å². The molecule has 0 unspecified atom stereocenters. The number of ether oxygens (including phenoxy) is 1. The molecule has 0 aromatic rings. The first-order valence-corrected chi connectivity index (χ1v) is 9.98. The summed E-state index contributed by atoms with van der Waals surface area (Å²) in [5.74, 6) is 5.70. The lowest BCUT2D eigenvalue weighted by Crippen LogP contribution is -2.40. The van der Waals surface area contributed by atoms with E-state index in [4.69, 9.17) is 9.16 Å². The molecule has 0 saturated carbocycles. The summed E-state index contributed by atoms with van der Waals surface area (Å²) < 4.78 is 10.8. The van der Waals surface area contributed by atoms with Crippen LogP contribution in [0.1, 0.15) is 40.5 Å². The van der Waals surface area contributed by atoms with Gasteiger partial charge in [-0.15, -0.1) is 0 Å². The third-order valence-electron chi connectivity index (χ3n) is 3.40. The second-order valence-corrected chi connectivity index (χ2v) is 11.0. The molecule has 0 atom stereocenters. The van der Waals surface area contributed by atoms with Gasteiger partial charge in [-0.1, -0.05) is 32.6 Å². The Morgan fingerprint density at radius 2 is 1.95 bits per heavy atom. The van der Waals surface area contributed by atoms with Crippen LogP contribution < -0.4 is 0 Å². The first kappa shape index (κ1) is 18.9. The van der Waals surface area contributed by atoms with Gasteiger partial charge in [0, 0.05) is 20.0 Å². The Kier molecular flexibility index (Phi) is 8.51. The van der Waals surface area contributed by atoms with E-state index in [9.17, 15) is 4.79 Å². The number of hydrogen-bond acceptors (Lipinski definition) is 3. The van der Waals surface area contributed by atoms with Crippen molar-refractivity contribution in [2.24, 2.45) is 0 Å². The van der Waals surface area contributed by atoms with E-state index in [2.05, 4.69) is 45.7 Å². The highest BCUT2D eigenvalue weighted by atomic mass is 28.4. The molecule has 0 radical (unpaired) electrons. The molecule has 0 amide bonds. The van der Waals surface area contributed by atoms with Crippen LogP contribution >= 0.6 is 0 Å². The molecule has 0 aliphatic carbocycles. The molecule has 3 nitrogen and oxygen atoms in total. The van der Waals surface area contributed by atoms with Gasteiger partial charge >= 0.3 is 5.97 Å². The summed E-state index contributed by atoms with van der Waals surface area (Å²) in [4.78, 5) is 10.5. The van der Waals surface area contributed by atoms with Crippen molar-refractivity contribution in [1.29, 1.82) is 0 Å². The SMILES string of the molecule is CC(=O)OC/C=C\C#CCCCO[Si](C)(C)C(C)(C)C. The van der Waals surface area contributed by atoms with Crippen molar-refractivity contribution in [1.82, 2.24) is 0 Å². The molecule has 0 N–H and O–H groups in total. The second-order valence-electron chi connectivity index (χ2n) is 6.24. The first-order chi connectivity index (χ1) is 9.17. The average molecular weight is 296 g/mol. The average Bonchev–Trinajstić information content (AvgIpc) is 2.29. The van der Waals surface area contributed by atoms with E-state index >= 15 is 0 Å². The summed E-state index contributed by atoms with van der Waals surface area (Å²) >= 11 is 0. The van der Waals surface area contributed by atoms with Crippen LogP contribution in [0.25, 0.3) is 0 Å². The van der Waals surface area contributed by atoms with E-state index in [0.717, 1.165) is 19.4 Å². The molecule has 0 fully saturated rings. The molecule has 0 aromatic carbocycles. The zero-order chi connectivity index (χ0) is 15.6. The van der Waals surface area contributed by atoms with Gasteiger partial charge in [-0.2, -0.15) is 0 Å². The van der Waals surface area contributed by atoms with Crippen molar-refractivity contribution in [3.63, 3.8) is 0 Å². The summed E-state index contributed by atoms with van der Waals surface area (Å²) in [6, 6.07) is 0. The van der Waals surface area contributed by atoms with E-state index in [0.29, 0.717) is 6.61 Å². The number of rotatable bonds is 6. The van der Waals surface area contributed by atoms with Gasteiger partial charge in [0.1, 0.15) is 6.61 Å². The van der Waals surface area contributed by atoms with Gasteiger partial charge in [0.15, 0.2) is 8.32 Å². The maximum atomic E-state index is 10.5. The summed E-state index contributed by atoms with van der Waals surface area (Å²) in [6.45, 7) is 13.7. The van der Waals surface area contributed by atoms with Gasteiger partial charge in [-0.3, -0.25) is 4.79 Å². The molecule has 0 bridgehead atoms. The van der Waals surface area contributed by atoms with Crippen LogP contribution in [0.5, 0.6) is 0 Å². The van der Waals surface area contributed by atoms with E-state index in [1.165, 1.54) is 6.92 Å². The zero-order valence-corrected chi connectivity index (χ0v) is 14.7. The minimum absolute atomic E-state index is 0.262. The van der Waals surface area contributed by atoms with Crippen molar-refractivity contribution in [3.05, 3.63) is 12.2 Å². The number of hydrogen-bond donors (Lipinski definition) is 0. The van der Waals surface area contributed by atoms with Crippen LogP contribution in [0.15, 0.2) is 12.2 Å². The number of carbonyl (C=O) groups excluding carboxylic acids is 1. The quantitative estimate of drug-likeness (QED) is 0.323. The second kappa shape index (κ2) is 8.99. The summed E-state index contributed by atoms with van der Waals surface area (Å²) in [6.07, 6.45) is 5.24. The van der Waals surface area contributed by atoms with E-state index < -0.39 is 8.32 Å². The highest BCUT2D eigenvalue weighted by Crippen LogP contribution is 2.36. The minimum atomic E-state index is -1.61. The van der Waals surface area contributed by atoms with E-state index in [1.54, 1.807) is 12.2 Å². The van der Waals surface area contributed by atoms with Gasteiger partial charge in [0.2, 0.25) is 0 Å². The van der Waals surface area contributed by atoms with Crippen molar-refractivity contribution < 1.29 is 14.0 Å². The molecule has 0 rings (SSSR count). The Balaban J connectivity index is 3.76. The maximum Gasteiger partial charge on any atom is 0.302 e. The fourth-order valence-corrected chi connectivity index (χ4v) is 2.20. The van der Waals surface area contributed by atoms with E-state index in [-0.39, 0.29) is 11.0 Å². The molecule has 20 heavy (non-hydrogen) atoms. The number of carbonyl (C=O) groups is 1. The first-order valence-electron chi connectivity index (χ1n) is 7.07. The zero-order valence-electron chi connectivity index (χ0n) is 13.7. The van der Waals surface area contributed by atoms with Gasteiger partial charge in [0.25, 0.3) is 0 Å². The Morgan fingerprint density at radius 3 is 2.50 bits per heavy atom. The monoisotopic (exact) mass is 296 g/mol. The number of esters is 1. The lowest BCUT2D eigenvalue weighted by molar-refractivity contribution is -0.139. The largest absolute Gasteiger partial charge is 0.462 e. The van der Waals surface area contributed by atoms with Crippen LogP contribution in [0.3, 0.4) is 0 Å². The van der Waals surface area contributed by atoms with Crippen LogP contribution in [0.4, 0.5) is 0 Å². The normalized spacial score (nSPS) is 12.1. The Labute approximate surface area is 124 Å². The van der Waals surface area contributed by atoms with Crippen molar-refractivity contribution in [2.75, 3.05) is 13.2 Å².